The molecular formula is C16H28BrN3O. The van der Waals surface area contributed by atoms with E-state index >= 15 is 0 Å². The highest BCUT2D eigenvalue weighted by molar-refractivity contribution is 9.10. The average molecular weight is 358 g/mol. The van der Waals surface area contributed by atoms with Crippen LogP contribution < -0.4 is 5.32 Å². The van der Waals surface area contributed by atoms with E-state index in [1.165, 1.54) is 0 Å². The summed E-state index contributed by atoms with van der Waals surface area (Å²) in [5.74, 6) is 2.22. The van der Waals surface area contributed by atoms with E-state index in [0.29, 0.717) is 12.5 Å². The molecular weight excluding hydrogens is 330 g/mol. The molecule has 1 aromatic rings. The van der Waals surface area contributed by atoms with E-state index in [4.69, 9.17) is 9.72 Å². The number of rotatable bonds is 9. The van der Waals surface area contributed by atoms with Gasteiger partial charge in [-0.1, -0.05) is 27.7 Å². The molecule has 0 bridgehead atoms. The van der Waals surface area contributed by atoms with Crippen LogP contribution in [0.3, 0.4) is 0 Å². The number of nitrogens with one attached hydrogen (secondary N) is 1. The van der Waals surface area contributed by atoms with Crippen molar-refractivity contribution in [3.05, 3.63) is 16.0 Å². The smallest absolute Gasteiger partial charge is 0.159 e. The maximum atomic E-state index is 5.77. The van der Waals surface area contributed by atoms with Crippen molar-refractivity contribution in [1.29, 1.82) is 0 Å². The van der Waals surface area contributed by atoms with E-state index in [9.17, 15) is 0 Å². The predicted octanol–water partition coefficient (Wildman–Crippen LogP) is 4.75. The van der Waals surface area contributed by atoms with Gasteiger partial charge in [0.1, 0.15) is 11.9 Å². The number of anilines is 1. The standard InChI is InChI=1S/C16H28BrN3O/c1-6-9-18-16-14(17)12(10-11(4)5)19-15(20-16)13(7-2)21-8-3/h11,13H,6-10H2,1-5H3,(H,18,19,20). The summed E-state index contributed by atoms with van der Waals surface area (Å²) in [4.78, 5) is 9.42. The van der Waals surface area contributed by atoms with E-state index in [0.717, 1.165) is 47.6 Å². The number of aromatic nitrogens is 2. The van der Waals surface area contributed by atoms with Crippen molar-refractivity contribution in [2.24, 2.45) is 5.92 Å². The van der Waals surface area contributed by atoms with Crippen molar-refractivity contribution in [2.45, 2.75) is 60.0 Å². The fraction of sp³-hybridized carbons (Fsp3) is 0.750. The molecule has 0 fully saturated rings. The molecule has 1 atom stereocenters. The first-order valence-corrected chi connectivity index (χ1v) is 8.74. The zero-order valence-corrected chi connectivity index (χ0v) is 15.5. The molecule has 21 heavy (non-hydrogen) atoms. The van der Waals surface area contributed by atoms with Crippen LogP contribution in [0.5, 0.6) is 0 Å². The fourth-order valence-electron chi connectivity index (χ4n) is 2.12. The average Bonchev–Trinajstić information content (AvgIpc) is 2.45. The Labute approximate surface area is 137 Å². The quantitative estimate of drug-likeness (QED) is 0.692. The summed E-state index contributed by atoms with van der Waals surface area (Å²) >= 11 is 3.66. The first-order valence-electron chi connectivity index (χ1n) is 7.95. The van der Waals surface area contributed by atoms with Crippen molar-refractivity contribution < 1.29 is 4.74 Å². The van der Waals surface area contributed by atoms with Crippen LogP contribution in [0.15, 0.2) is 4.47 Å². The molecule has 1 aromatic heterocycles. The highest BCUT2D eigenvalue weighted by atomic mass is 79.9. The number of ether oxygens (including phenoxy) is 1. The molecule has 0 radical (unpaired) electrons. The Morgan fingerprint density at radius 2 is 1.90 bits per heavy atom. The van der Waals surface area contributed by atoms with Gasteiger partial charge in [-0.3, -0.25) is 0 Å². The molecule has 1 N–H and O–H groups in total. The third kappa shape index (κ3) is 5.55. The predicted molar refractivity (Wildman–Crippen MR) is 91.7 cm³/mol. The third-order valence-corrected chi connectivity index (χ3v) is 3.94. The molecule has 0 saturated heterocycles. The lowest BCUT2D eigenvalue weighted by atomic mass is 10.1. The van der Waals surface area contributed by atoms with Crippen LogP contribution in [0.1, 0.15) is 65.1 Å². The number of hydrogen-bond acceptors (Lipinski definition) is 4. The summed E-state index contributed by atoms with van der Waals surface area (Å²) in [5.41, 5.74) is 1.06. The maximum absolute atomic E-state index is 5.77. The number of hydrogen-bond donors (Lipinski definition) is 1. The van der Waals surface area contributed by atoms with E-state index in [-0.39, 0.29) is 6.10 Å². The number of nitrogens with zero attached hydrogens (tertiary/aromatic N) is 2. The molecule has 5 heteroatoms. The summed E-state index contributed by atoms with van der Waals surface area (Å²) in [6, 6.07) is 0. The Kier molecular flexibility index (Phi) is 8.19. The molecule has 4 nitrogen and oxygen atoms in total. The summed E-state index contributed by atoms with van der Waals surface area (Å²) in [6.07, 6.45) is 2.84. The maximum Gasteiger partial charge on any atom is 0.159 e. The first-order chi connectivity index (χ1) is 10.0. The normalized spacial score (nSPS) is 12.7. The Balaban J connectivity index is 3.17. The van der Waals surface area contributed by atoms with Gasteiger partial charge >= 0.3 is 0 Å². The third-order valence-electron chi connectivity index (χ3n) is 3.11. The van der Waals surface area contributed by atoms with Crippen molar-refractivity contribution in [3.63, 3.8) is 0 Å². The summed E-state index contributed by atoms with van der Waals surface area (Å²) in [6.45, 7) is 12.2. The second-order valence-electron chi connectivity index (χ2n) is 5.57. The van der Waals surface area contributed by atoms with Crippen LogP contribution in [0, 0.1) is 5.92 Å². The summed E-state index contributed by atoms with van der Waals surface area (Å²) in [5, 5.41) is 3.38. The lowest BCUT2D eigenvalue weighted by Crippen LogP contribution is -2.14. The molecule has 0 saturated carbocycles. The zero-order valence-electron chi connectivity index (χ0n) is 13.9. The molecule has 0 aromatic carbocycles. The highest BCUT2D eigenvalue weighted by Gasteiger charge is 2.19. The minimum Gasteiger partial charge on any atom is -0.371 e. The van der Waals surface area contributed by atoms with E-state index in [1.807, 2.05) is 6.92 Å². The van der Waals surface area contributed by atoms with E-state index < -0.39 is 0 Å². The second-order valence-corrected chi connectivity index (χ2v) is 6.36. The Morgan fingerprint density at radius 3 is 2.43 bits per heavy atom. The first kappa shape index (κ1) is 18.4. The topological polar surface area (TPSA) is 47.0 Å². The monoisotopic (exact) mass is 357 g/mol. The van der Waals surface area contributed by atoms with Gasteiger partial charge in [-0.15, -0.1) is 0 Å². The summed E-state index contributed by atoms with van der Waals surface area (Å²) in [7, 11) is 0. The Bertz CT molecular complexity index is 438. The van der Waals surface area contributed by atoms with Gasteiger partial charge in [0, 0.05) is 13.2 Å². The highest BCUT2D eigenvalue weighted by Crippen LogP contribution is 2.29. The molecule has 0 aliphatic heterocycles. The van der Waals surface area contributed by atoms with Crippen LogP contribution in [-0.2, 0) is 11.2 Å². The van der Waals surface area contributed by atoms with Gasteiger partial charge in [-0.25, -0.2) is 9.97 Å². The molecule has 0 spiro atoms. The lowest BCUT2D eigenvalue weighted by molar-refractivity contribution is 0.0533. The van der Waals surface area contributed by atoms with Crippen LogP contribution in [-0.4, -0.2) is 23.1 Å². The van der Waals surface area contributed by atoms with Crippen LogP contribution >= 0.6 is 15.9 Å². The molecule has 0 aliphatic carbocycles. The van der Waals surface area contributed by atoms with Gasteiger partial charge in [0.05, 0.1) is 10.2 Å². The second kappa shape index (κ2) is 9.36. The minimum absolute atomic E-state index is 0.0313. The SMILES string of the molecule is CCCNc1nc(C(CC)OCC)nc(CC(C)C)c1Br. The fourth-order valence-corrected chi connectivity index (χ4v) is 2.59. The van der Waals surface area contributed by atoms with Gasteiger partial charge in [0.2, 0.25) is 0 Å². The Morgan fingerprint density at radius 1 is 1.19 bits per heavy atom. The van der Waals surface area contributed by atoms with Crippen molar-refractivity contribution >= 4 is 21.7 Å². The lowest BCUT2D eigenvalue weighted by Gasteiger charge is -2.18. The van der Waals surface area contributed by atoms with Gasteiger partial charge in [0.15, 0.2) is 5.82 Å². The van der Waals surface area contributed by atoms with Gasteiger partial charge < -0.3 is 10.1 Å². The van der Waals surface area contributed by atoms with E-state index in [1.54, 1.807) is 0 Å². The Hall–Kier alpha value is -0.680. The minimum atomic E-state index is -0.0313. The number of halogens is 1. The van der Waals surface area contributed by atoms with Crippen molar-refractivity contribution in [2.75, 3.05) is 18.5 Å². The van der Waals surface area contributed by atoms with Crippen LogP contribution in [0.25, 0.3) is 0 Å². The molecule has 1 unspecified atom stereocenters. The largest absolute Gasteiger partial charge is 0.371 e. The molecule has 1 rings (SSSR count). The van der Waals surface area contributed by atoms with Crippen molar-refractivity contribution in [1.82, 2.24) is 9.97 Å². The van der Waals surface area contributed by atoms with Crippen LogP contribution in [0.4, 0.5) is 5.82 Å². The molecule has 1 heterocycles. The van der Waals surface area contributed by atoms with Gasteiger partial charge in [-0.05, 0) is 48.0 Å². The van der Waals surface area contributed by atoms with E-state index in [2.05, 4.69) is 53.9 Å². The van der Waals surface area contributed by atoms with Gasteiger partial charge in [0.25, 0.3) is 0 Å². The molecule has 0 amide bonds. The molecule has 0 aliphatic rings. The summed E-state index contributed by atoms with van der Waals surface area (Å²) < 4.78 is 6.75. The molecule has 120 valence electrons. The van der Waals surface area contributed by atoms with Gasteiger partial charge in [-0.2, -0.15) is 0 Å². The zero-order chi connectivity index (χ0) is 15.8. The van der Waals surface area contributed by atoms with Crippen molar-refractivity contribution in [3.8, 4) is 0 Å². The van der Waals surface area contributed by atoms with Crippen LogP contribution in [0.2, 0.25) is 0 Å².